The van der Waals surface area contributed by atoms with Gasteiger partial charge in [-0.25, -0.2) is 0 Å². The smallest absolute Gasteiger partial charge is 0.0964 e. The van der Waals surface area contributed by atoms with Crippen LogP contribution in [0.25, 0.3) is 10.9 Å². The lowest BCUT2D eigenvalue weighted by atomic mass is 10.0. The number of aliphatic hydroxyl groups is 1. The van der Waals surface area contributed by atoms with Gasteiger partial charge in [-0.15, -0.1) is 0 Å². The molecule has 1 atom stereocenters. The third-order valence-electron chi connectivity index (χ3n) is 5.32. The molecule has 0 unspecified atom stereocenters. The summed E-state index contributed by atoms with van der Waals surface area (Å²) in [5, 5.41) is 12.9. The summed E-state index contributed by atoms with van der Waals surface area (Å²) < 4.78 is 0. The maximum absolute atomic E-state index is 11.1. The van der Waals surface area contributed by atoms with Crippen LogP contribution in [0, 0.1) is 0 Å². The summed E-state index contributed by atoms with van der Waals surface area (Å²) in [6, 6.07) is 7.88. The Hall–Kier alpha value is -1.36. The molecule has 0 aliphatic carbocycles. The van der Waals surface area contributed by atoms with Crippen molar-refractivity contribution in [2.45, 2.75) is 31.3 Å². The zero-order valence-electron chi connectivity index (χ0n) is 13.9. The van der Waals surface area contributed by atoms with Crippen molar-refractivity contribution in [1.29, 1.82) is 0 Å². The van der Waals surface area contributed by atoms with Crippen LogP contribution in [0.5, 0.6) is 0 Å². The first-order valence-electron chi connectivity index (χ1n) is 8.87. The zero-order chi connectivity index (χ0) is 16.6. The molecule has 4 rings (SSSR count). The summed E-state index contributed by atoms with van der Waals surface area (Å²) in [6.45, 7) is 4.60. The molecule has 2 aromatic rings. The molecule has 2 fully saturated rings. The molecule has 0 bridgehead atoms. The first-order chi connectivity index (χ1) is 11.6. The number of hydrogen-bond donors (Lipinski definition) is 1. The van der Waals surface area contributed by atoms with Crippen molar-refractivity contribution in [3.63, 3.8) is 0 Å². The molecule has 0 saturated carbocycles. The van der Waals surface area contributed by atoms with Crippen LogP contribution in [0.4, 0.5) is 5.69 Å². The van der Waals surface area contributed by atoms with Crippen molar-refractivity contribution in [2.75, 3.05) is 37.6 Å². The first-order valence-corrected chi connectivity index (χ1v) is 9.25. The van der Waals surface area contributed by atoms with Crippen molar-refractivity contribution >= 4 is 28.2 Å². The Morgan fingerprint density at radius 1 is 1.12 bits per heavy atom. The van der Waals surface area contributed by atoms with Gasteiger partial charge in [0.25, 0.3) is 0 Å². The molecule has 1 N–H and O–H groups in total. The van der Waals surface area contributed by atoms with Gasteiger partial charge in [-0.3, -0.25) is 4.98 Å². The van der Waals surface area contributed by atoms with Crippen LogP contribution in [0.15, 0.2) is 30.5 Å². The summed E-state index contributed by atoms with van der Waals surface area (Å²) in [6.07, 6.45) is 6.49. The number of fused-ring (bicyclic) bond motifs is 1. The summed E-state index contributed by atoms with van der Waals surface area (Å²) in [4.78, 5) is 9.14. The number of hydrogen-bond acceptors (Lipinski definition) is 4. The molecule has 128 valence electrons. The highest BCUT2D eigenvalue weighted by Crippen LogP contribution is 2.33. The average Bonchev–Trinajstić information content (AvgIpc) is 2.96. The van der Waals surface area contributed by atoms with Gasteiger partial charge in [0.15, 0.2) is 0 Å². The largest absolute Gasteiger partial charge is 0.387 e. The minimum atomic E-state index is -0.612. The average molecular weight is 346 g/mol. The maximum Gasteiger partial charge on any atom is 0.0964 e. The van der Waals surface area contributed by atoms with E-state index in [4.69, 9.17) is 11.6 Å². The van der Waals surface area contributed by atoms with Crippen molar-refractivity contribution < 1.29 is 5.11 Å². The van der Waals surface area contributed by atoms with Gasteiger partial charge in [0.2, 0.25) is 0 Å². The minimum absolute atomic E-state index is 0.612. The third kappa shape index (κ3) is 3.23. The quantitative estimate of drug-likeness (QED) is 0.926. The van der Waals surface area contributed by atoms with Gasteiger partial charge in [-0.2, -0.15) is 0 Å². The van der Waals surface area contributed by atoms with Crippen molar-refractivity contribution in [1.82, 2.24) is 9.88 Å². The molecular weight excluding hydrogens is 322 g/mol. The van der Waals surface area contributed by atoms with Crippen molar-refractivity contribution in [3.8, 4) is 0 Å². The number of β-amino-alcohol motifs (C(OH)–C–C–N with tert-alkyl or cyclic N) is 1. The number of pyridine rings is 1. The van der Waals surface area contributed by atoms with Gasteiger partial charge in [0.1, 0.15) is 0 Å². The second-order valence-electron chi connectivity index (χ2n) is 7.22. The number of halogens is 1. The fourth-order valence-corrected chi connectivity index (χ4v) is 4.27. The number of anilines is 1. The van der Waals surface area contributed by atoms with E-state index in [1.165, 1.54) is 19.3 Å². The molecule has 5 heteroatoms. The van der Waals surface area contributed by atoms with E-state index in [0.717, 1.165) is 49.2 Å². The lowest BCUT2D eigenvalue weighted by Crippen LogP contribution is -2.46. The van der Waals surface area contributed by atoms with E-state index >= 15 is 0 Å². The molecule has 0 spiro atoms. The highest BCUT2D eigenvalue weighted by Gasteiger charge is 2.38. The predicted octanol–water partition coefficient (Wildman–Crippen LogP) is 3.32. The fourth-order valence-electron chi connectivity index (χ4n) is 4.11. The monoisotopic (exact) mass is 345 g/mol. The highest BCUT2D eigenvalue weighted by atomic mass is 35.5. The van der Waals surface area contributed by atoms with Crippen molar-refractivity contribution in [2.24, 2.45) is 0 Å². The van der Waals surface area contributed by atoms with Gasteiger partial charge in [0, 0.05) is 41.9 Å². The van der Waals surface area contributed by atoms with Crippen LogP contribution < -0.4 is 4.90 Å². The van der Waals surface area contributed by atoms with Crippen LogP contribution in [0.1, 0.15) is 25.7 Å². The fraction of sp³-hybridized carbons (Fsp3) is 0.526. The molecule has 0 radical (unpaired) electrons. The van der Waals surface area contributed by atoms with E-state index in [2.05, 4.69) is 14.8 Å². The molecule has 1 aromatic heterocycles. The molecular formula is C19H24ClN3O. The molecule has 4 nitrogen and oxygen atoms in total. The molecule has 0 amide bonds. The van der Waals surface area contributed by atoms with E-state index in [9.17, 15) is 5.11 Å². The van der Waals surface area contributed by atoms with Gasteiger partial charge in [-0.1, -0.05) is 18.0 Å². The highest BCUT2D eigenvalue weighted by molar-refractivity contribution is 6.31. The van der Waals surface area contributed by atoms with E-state index in [-0.39, 0.29) is 0 Å². The Morgan fingerprint density at radius 3 is 2.79 bits per heavy atom. The van der Waals surface area contributed by atoms with Crippen LogP contribution >= 0.6 is 11.6 Å². The third-order valence-corrected chi connectivity index (χ3v) is 5.56. The first kappa shape index (κ1) is 16.1. The molecule has 3 heterocycles. The molecule has 1 aromatic carbocycles. The Balaban J connectivity index is 1.54. The van der Waals surface area contributed by atoms with Gasteiger partial charge in [-0.05, 0) is 56.6 Å². The number of rotatable bonds is 3. The summed E-state index contributed by atoms with van der Waals surface area (Å²) in [5.41, 5.74) is 1.44. The Kier molecular flexibility index (Phi) is 4.37. The maximum atomic E-state index is 11.1. The molecule has 2 aliphatic heterocycles. The summed E-state index contributed by atoms with van der Waals surface area (Å²) in [7, 11) is 0. The lowest BCUT2D eigenvalue weighted by molar-refractivity contribution is 0.0170. The van der Waals surface area contributed by atoms with Gasteiger partial charge < -0.3 is 14.9 Å². The van der Waals surface area contributed by atoms with E-state index in [0.29, 0.717) is 11.6 Å². The summed E-state index contributed by atoms with van der Waals surface area (Å²) >= 11 is 6.09. The minimum Gasteiger partial charge on any atom is -0.387 e. The van der Waals surface area contributed by atoms with E-state index < -0.39 is 5.60 Å². The molecule has 2 aliphatic rings. The lowest BCUT2D eigenvalue weighted by Gasteiger charge is -2.34. The van der Waals surface area contributed by atoms with E-state index in [1.807, 2.05) is 30.5 Å². The SMILES string of the molecule is O[C@@]1(CN2CCCCC2)CCN(c2ccnc3cc(Cl)ccc23)C1. The predicted molar refractivity (Wildman–Crippen MR) is 98.8 cm³/mol. The Morgan fingerprint density at radius 2 is 1.96 bits per heavy atom. The van der Waals surface area contributed by atoms with Crippen LogP contribution in [0.3, 0.4) is 0 Å². The number of benzene rings is 1. The number of likely N-dealkylation sites (tertiary alicyclic amines) is 1. The normalized spacial score (nSPS) is 25.5. The number of aromatic nitrogens is 1. The van der Waals surface area contributed by atoms with Gasteiger partial charge in [0.05, 0.1) is 11.1 Å². The Labute approximate surface area is 148 Å². The zero-order valence-corrected chi connectivity index (χ0v) is 14.7. The van der Waals surface area contributed by atoms with Crippen LogP contribution in [0.2, 0.25) is 5.02 Å². The summed E-state index contributed by atoms with van der Waals surface area (Å²) in [5.74, 6) is 0. The Bertz CT molecular complexity index is 732. The van der Waals surface area contributed by atoms with E-state index in [1.54, 1.807) is 0 Å². The molecule has 2 saturated heterocycles. The second kappa shape index (κ2) is 6.51. The molecule has 24 heavy (non-hydrogen) atoms. The topological polar surface area (TPSA) is 39.6 Å². The number of nitrogens with zero attached hydrogens (tertiary/aromatic N) is 3. The van der Waals surface area contributed by atoms with Crippen molar-refractivity contribution in [3.05, 3.63) is 35.5 Å². The second-order valence-corrected chi connectivity index (χ2v) is 7.66. The van der Waals surface area contributed by atoms with Crippen LogP contribution in [-0.4, -0.2) is 53.3 Å². The van der Waals surface area contributed by atoms with Crippen LogP contribution in [-0.2, 0) is 0 Å². The number of piperidine rings is 1. The standard InChI is InChI=1S/C19H24ClN3O/c20-15-4-5-16-17(12-15)21-8-6-18(16)23-11-7-19(24,14-23)13-22-9-2-1-3-10-22/h4-6,8,12,24H,1-3,7,9-11,13-14H2/t19-/m1/s1. The van der Waals surface area contributed by atoms with Gasteiger partial charge >= 0.3 is 0 Å².